The van der Waals surface area contributed by atoms with E-state index < -0.39 is 0 Å². The number of hydrogen-bond acceptors (Lipinski definition) is 5. The molecule has 1 aliphatic heterocycles. The molecule has 0 saturated carbocycles. The molecular formula is C27H26ClIN2O3S. The number of ether oxygens (including phenoxy) is 2. The molecular weight excluding hydrogens is 595 g/mol. The first-order chi connectivity index (χ1) is 16.9. The van der Waals surface area contributed by atoms with E-state index in [9.17, 15) is 4.79 Å². The lowest BCUT2D eigenvalue weighted by Gasteiger charge is -2.15. The third-order valence-electron chi connectivity index (χ3n) is 5.32. The van der Waals surface area contributed by atoms with Crippen molar-refractivity contribution < 1.29 is 14.3 Å². The SMILES string of the molecule is CCOc1cc(/C=C2\S[C@@H](Nc3ccc(CC)cc3)NC2=O)cc(Cl)c1OCc1ccc(I)cc1. The zero-order valence-electron chi connectivity index (χ0n) is 19.4. The van der Waals surface area contributed by atoms with Gasteiger partial charge in [-0.15, -0.1) is 0 Å². The number of anilines is 1. The highest BCUT2D eigenvalue weighted by Gasteiger charge is 2.27. The van der Waals surface area contributed by atoms with Gasteiger partial charge in [-0.25, -0.2) is 0 Å². The Kier molecular flexibility index (Phi) is 8.86. The molecule has 1 saturated heterocycles. The highest BCUT2D eigenvalue weighted by Crippen LogP contribution is 2.39. The van der Waals surface area contributed by atoms with Gasteiger partial charge in [-0.1, -0.05) is 54.6 Å². The van der Waals surface area contributed by atoms with Crippen molar-refractivity contribution in [1.29, 1.82) is 0 Å². The van der Waals surface area contributed by atoms with Gasteiger partial charge in [-0.2, -0.15) is 0 Å². The number of amides is 1. The lowest BCUT2D eigenvalue weighted by molar-refractivity contribution is -0.116. The Balaban J connectivity index is 1.48. The number of rotatable bonds is 9. The average Bonchev–Trinajstić information content (AvgIpc) is 3.18. The van der Waals surface area contributed by atoms with E-state index in [2.05, 4.69) is 52.3 Å². The van der Waals surface area contributed by atoms with E-state index >= 15 is 0 Å². The monoisotopic (exact) mass is 620 g/mol. The fourth-order valence-corrected chi connectivity index (χ4v) is 5.13. The molecule has 0 radical (unpaired) electrons. The summed E-state index contributed by atoms with van der Waals surface area (Å²) < 4.78 is 13.0. The molecule has 1 amide bonds. The van der Waals surface area contributed by atoms with Gasteiger partial charge in [0.2, 0.25) is 0 Å². The van der Waals surface area contributed by atoms with E-state index in [0.29, 0.717) is 34.6 Å². The molecule has 1 atom stereocenters. The Labute approximate surface area is 228 Å². The van der Waals surface area contributed by atoms with Crippen molar-refractivity contribution in [2.75, 3.05) is 11.9 Å². The molecule has 0 bridgehead atoms. The molecule has 0 aliphatic carbocycles. The van der Waals surface area contributed by atoms with Gasteiger partial charge in [0.1, 0.15) is 6.61 Å². The molecule has 0 unspecified atom stereocenters. The van der Waals surface area contributed by atoms with E-state index in [4.69, 9.17) is 21.1 Å². The van der Waals surface area contributed by atoms with Crippen LogP contribution in [-0.4, -0.2) is 18.0 Å². The third-order valence-corrected chi connectivity index (χ3v) is 7.35. The van der Waals surface area contributed by atoms with Gasteiger partial charge in [-0.05, 0) is 95.1 Å². The molecule has 0 aromatic heterocycles. The molecule has 3 aromatic carbocycles. The van der Waals surface area contributed by atoms with Crippen LogP contribution in [0.5, 0.6) is 11.5 Å². The lowest BCUT2D eigenvalue weighted by Crippen LogP contribution is -2.30. The van der Waals surface area contributed by atoms with Crippen molar-refractivity contribution in [3.63, 3.8) is 0 Å². The van der Waals surface area contributed by atoms with Crippen LogP contribution in [0.25, 0.3) is 6.08 Å². The first kappa shape index (κ1) is 25.7. The number of nitrogens with one attached hydrogen (secondary N) is 2. The van der Waals surface area contributed by atoms with Crippen LogP contribution in [0.3, 0.4) is 0 Å². The Morgan fingerprint density at radius 1 is 1.06 bits per heavy atom. The van der Waals surface area contributed by atoms with E-state index in [-0.39, 0.29) is 11.4 Å². The summed E-state index contributed by atoms with van der Waals surface area (Å²) in [7, 11) is 0. The normalized spacial score (nSPS) is 16.3. The van der Waals surface area contributed by atoms with Crippen molar-refractivity contribution in [3.8, 4) is 11.5 Å². The first-order valence-corrected chi connectivity index (χ1v) is 13.7. The van der Waals surface area contributed by atoms with Crippen LogP contribution in [0.1, 0.15) is 30.5 Å². The molecule has 8 heteroatoms. The zero-order valence-corrected chi connectivity index (χ0v) is 23.2. The van der Waals surface area contributed by atoms with Crippen LogP contribution in [-0.2, 0) is 17.8 Å². The number of halogens is 2. The molecule has 2 N–H and O–H groups in total. The highest BCUT2D eigenvalue weighted by molar-refractivity contribution is 14.1. The maximum Gasteiger partial charge on any atom is 0.260 e. The number of benzene rings is 3. The molecule has 1 heterocycles. The largest absolute Gasteiger partial charge is 0.490 e. The smallest absolute Gasteiger partial charge is 0.260 e. The van der Waals surface area contributed by atoms with Crippen molar-refractivity contribution in [2.45, 2.75) is 32.4 Å². The summed E-state index contributed by atoms with van der Waals surface area (Å²) in [5.74, 6) is 0.907. The predicted octanol–water partition coefficient (Wildman–Crippen LogP) is 7.08. The second-order valence-corrected chi connectivity index (χ2v) is 10.7. The van der Waals surface area contributed by atoms with Crippen LogP contribution in [0, 0.1) is 3.57 Å². The second kappa shape index (κ2) is 12.1. The zero-order chi connectivity index (χ0) is 24.8. The number of aryl methyl sites for hydroxylation is 1. The minimum Gasteiger partial charge on any atom is -0.490 e. The minimum absolute atomic E-state index is 0.134. The Hall–Kier alpha value is -2.36. The minimum atomic E-state index is -0.250. The van der Waals surface area contributed by atoms with E-state index in [0.717, 1.165) is 26.8 Å². The maximum atomic E-state index is 12.6. The van der Waals surface area contributed by atoms with Crippen molar-refractivity contribution in [3.05, 3.63) is 90.9 Å². The summed E-state index contributed by atoms with van der Waals surface area (Å²) in [4.78, 5) is 13.2. The second-order valence-electron chi connectivity index (χ2n) is 7.85. The van der Waals surface area contributed by atoms with Crippen molar-refractivity contribution in [2.24, 2.45) is 0 Å². The quantitative estimate of drug-likeness (QED) is 0.198. The first-order valence-electron chi connectivity index (χ1n) is 11.3. The summed E-state index contributed by atoms with van der Waals surface area (Å²) >= 11 is 10.3. The number of carbonyl (C=O) groups is 1. The Bertz CT molecular complexity index is 1220. The van der Waals surface area contributed by atoms with E-state index in [1.54, 1.807) is 6.07 Å². The van der Waals surface area contributed by atoms with Gasteiger partial charge < -0.3 is 20.1 Å². The van der Waals surface area contributed by atoms with E-state index in [1.807, 2.05) is 55.5 Å². The van der Waals surface area contributed by atoms with Gasteiger partial charge in [0.25, 0.3) is 5.91 Å². The number of hydrogen-bond donors (Lipinski definition) is 2. The maximum absolute atomic E-state index is 12.6. The van der Waals surface area contributed by atoms with Crippen LogP contribution >= 0.6 is 46.0 Å². The van der Waals surface area contributed by atoms with Crippen molar-refractivity contribution >= 4 is 63.6 Å². The molecule has 1 fully saturated rings. The van der Waals surface area contributed by atoms with Gasteiger partial charge in [0, 0.05) is 9.26 Å². The summed E-state index contributed by atoms with van der Waals surface area (Å²) in [5.41, 5.74) is 3.78. The number of thioether (sulfide) groups is 1. The molecule has 3 aromatic rings. The van der Waals surface area contributed by atoms with Gasteiger partial charge in [-0.3, -0.25) is 4.79 Å². The summed E-state index contributed by atoms with van der Waals surface area (Å²) in [6, 6.07) is 20.0. The fourth-order valence-electron chi connectivity index (χ4n) is 3.52. The standard InChI is InChI=1S/C27H26ClIN2O3S/c1-3-17-7-11-21(12-8-17)30-27-31-26(32)24(35-27)15-19-13-22(28)25(23(14-19)33-4-2)34-16-18-5-9-20(29)10-6-18/h5-15,27,30H,3-4,16H2,1-2H3,(H,31,32)/b24-15-/t27-/m0/s1. The van der Waals surface area contributed by atoms with Crippen LogP contribution in [0.2, 0.25) is 5.02 Å². The fraction of sp³-hybridized carbons (Fsp3) is 0.222. The topological polar surface area (TPSA) is 59.6 Å². The average molecular weight is 621 g/mol. The lowest BCUT2D eigenvalue weighted by atomic mass is 10.1. The van der Waals surface area contributed by atoms with Crippen LogP contribution in [0.4, 0.5) is 5.69 Å². The summed E-state index contributed by atoms with van der Waals surface area (Å²) in [6.45, 7) is 4.88. The predicted molar refractivity (Wildman–Crippen MR) is 153 cm³/mol. The van der Waals surface area contributed by atoms with Gasteiger partial charge in [0.15, 0.2) is 17.0 Å². The van der Waals surface area contributed by atoms with Crippen molar-refractivity contribution in [1.82, 2.24) is 5.32 Å². The molecule has 182 valence electrons. The van der Waals surface area contributed by atoms with Crippen LogP contribution < -0.4 is 20.1 Å². The Morgan fingerprint density at radius 2 is 1.77 bits per heavy atom. The Morgan fingerprint density at radius 3 is 2.46 bits per heavy atom. The molecule has 0 spiro atoms. The number of carbonyl (C=O) groups excluding carboxylic acids is 1. The third kappa shape index (κ3) is 6.86. The molecule has 35 heavy (non-hydrogen) atoms. The van der Waals surface area contributed by atoms with Gasteiger partial charge >= 0.3 is 0 Å². The van der Waals surface area contributed by atoms with E-state index in [1.165, 1.54) is 17.3 Å². The molecule has 1 aliphatic rings. The summed E-state index contributed by atoms with van der Waals surface area (Å²) in [6.07, 6.45) is 2.81. The molecule has 5 nitrogen and oxygen atoms in total. The van der Waals surface area contributed by atoms with Gasteiger partial charge in [0.05, 0.1) is 16.5 Å². The summed E-state index contributed by atoms with van der Waals surface area (Å²) in [5, 5.41) is 6.74. The molecule has 4 rings (SSSR count). The highest BCUT2D eigenvalue weighted by atomic mass is 127. The van der Waals surface area contributed by atoms with Crippen LogP contribution in [0.15, 0.2) is 65.6 Å².